The van der Waals surface area contributed by atoms with Gasteiger partial charge >= 0.3 is 0 Å². The number of aliphatic hydroxyl groups is 2. The van der Waals surface area contributed by atoms with Crippen molar-refractivity contribution in [3.8, 4) is 0 Å². The van der Waals surface area contributed by atoms with Gasteiger partial charge in [-0.2, -0.15) is 0 Å². The van der Waals surface area contributed by atoms with E-state index >= 15 is 0 Å². The molecular formula is C16H24F2O2. The molecule has 0 amide bonds. The molecule has 1 rings (SSSR count). The summed E-state index contributed by atoms with van der Waals surface area (Å²) in [5.74, 6) is -1.96. The summed E-state index contributed by atoms with van der Waals surface area (Å²) in [5, 5.41) is 19.8. The van der Waals surface area contributed by atoms with Crippen LogP contribution < -0.4 is 0 Å². The van der Waals surface area contributed by atoms with Crippen LogP contribution in [0.5, 0.6) is 0 Å². The van der Waals surface area contributed by atoms with Crippen molar-refractivity contribution >= 4 is 0 Å². The first-order valence-corrected chi connectivity index (χ1v) is 7.37. The summed E-state index contributed by atoms with van der Waals surface area (Å²) in [4.78, 5) is 0. The van der Waals surface area contributed by atoms with Crippen LogP contribution in [0, 0.1) is 11.6 Å². The van der Waals surface area contributed by atoms with E-state index in [0.717, 1.165) is 31.4 Å². The molecule has 0 spiro atoms. The second kappa shape index (κ2) is 9.03. The van der Waals surface area contributed by atoms with Crippen LogP contribution in [0.1, 0.15) is 63.5 Å². The lowest BCUT2D eigenvalue weighted by atomic mass is 9.99. The Morgan fingerprint density at radius 3 is 2.25 bits per heavy atom. The first-order valence-electron chi connectivity index (χ1n) is 7.37. The minimum Gasteiger partial charge on any atom is -0.390 e. The maximum Gasteiger partial charge on any atom is 0.159 e. The molecular weight excluding hydrogens is 262 g/mol. The van der Waals surface area contributed by atoms with Crippen molar-refractivity contribution in [1.82, 2.24) is 0 Å². The third-order valence-electron chi connectivity index (χ3n) is 3.50. The van der Waals surface area contributed by atoms with E-state index in [2.05, 4.69) is 6.92 Å². The van der Waals surface area contributed by atoms with E-state index in [1.807, 2.05) is 0 Å². The second-order valence-electron chi connectivity index (χ2n) is 5.24. The van der Waals surface area contributed by atoms with Crippen LogP contribution in [-0.2, 0) is 0 Å². The number of aliphatic hydroxyl groups excluding tert-OH is 2. The van der Waals surface area contributed by atoms with Gasteiger partial charge in [-0.15, -0.1) is 0 Å². The third kappa shape index (κ3) is 5.55. The Hall–Kier alpha value is -1.00. The van der Waals surface area contributed by atoms with Crippen LogP contribution in [0.3, 0.4) is 0 Å². The molecule has 114 valence electrons. The fourth-order valence-corrected chi connectivity index (χ4v) is 2.21. The maximum absolute atomic E-state index is 13.1. The number of hydrogen-bond acceptors (Lipinski definition) is 2. The van der Waals surface area contributed by atoms with Crippen LogP contribution in [0.25, 0.3) is 0 Å². The first-order chi connectivity index (χ1) is 9.56. The van der Waals surface area contributed by atoms with Crippen LogP contribution in [0.4, 0.5) is 8.78 Å². The molecule has 0 radical (unpaired) electrons. The topological polar surface area (TPSA) is 40.5 Å². The second-order valence-corrected chi connectivity index (χ2v) is 5.24. The van der Waals surface area contributed by atoms with E-state index in [1.165, 1.54) is 25.3 Å². The van der Waals surface area contributed by atoms with Gasteiger partial charge in [-0.3, -0.25) is 0 Å². The van der Waals surface area contributed by atoms with Crippen molar-refractivity contribution in [1.29, 1.82) is 0 Å². The SMILES string of the molecule is CCCCCCCC[C@@H](O)[C@H](O)c1ccc(F)c(F)c1. The summed E-state index contributed by atoms with van der Waals surface area (Å²) >= 11 is 0. The predicted molar refractivity (Wildman–Crippen MR) is 75.3 cm³/mol. The molecule has 0 saturated heterocycles. The van der Waals surface area contributed by atoms with E-state index < -0.39 is 23.8 Å². The van der Waals surface area contributed by atoms with Crippen molar-refractivity contribution < 1.29 is 19.0 Å². The zero-order valence-corrected chi connectivity index (χ0v) is 12.0. The maximum atomic E-state index is 13.1. The number of halogens is 2. The summed E-state index contributed by atoms with van der Waals surface area (Å²) < 4.78 is 25.9. The molecule has 2 nitrogen and oxygen atoms in total. The molecule has 4 heteroatoms. The third-order valence-corrected chi connectivity index (χ3v) is 3.50. The molecule has 0 aliphatic carbocycles. The molecule has 2 atom stereocenters. The largest absolute Gasteiger partial charge is 0.390 e. The minimum atomic E-state index is -1.17. The van der Waals surface area contributed by atoms with Gasteiger partial charge in [0.05, 0.1) is 6.10 Å². The molecule has 0 unspecified atom stereocenters. The number of rotatable bonds is 9. The molecule has 20 heavy (non-hydrogen) atoms. The Morgan fingerprint density at radius 1 is 0.950 bits per heavy atom. The van der Waals surface area contributed by atoms with E-state index in [4.69, 9.17) is 0 Å². The highest BCUT2D eigenvalue weighted by atomic mass is 19.2. The Labute approximate surface area is 119 Å². The highest BCUT2D eigenvalue weighted by molar-refractivity contribution is 5.20. The van der Waals surface area contributed by atoms with Crippen LogP contribution in [0.2, 0.25) is 0 Å². The Kier molecular flexibility index (Phi) is 7.70. The summed E-state index contributed by atoms with van der Waals surface area (Å²) in [6.45, 7) is 2.15. The van der Waals surface area contributed by atoms with E-state index in [1.54, 1.807) is 0 Å². The highest BCUT2D eigenvalue weighted by Gasteiger charge is 2.19. The van der Waals surface area contributed by atoms with Gasteiger partial charge in [-0.25, -0.2) is 8.78 Å². The molecule has 0 aromatic heterocycles. The molecule has 0 aliphatic rings. The Morgan fingerprint density at radius 2 is 1.60 bits per heavy atom. The molecule has 2 N–H and O–H groups in total. The Bertz CT molecular complexity index is 396. The minimum absolute atomic E-state index is 0.211. The normalized spacial score (nSPS) is 14.2. The zero-order chi connectivity index (χ0) is 15.0. The summed E-state index contributed by atoms with van der Waals surface area (Å²) in [7, 11) is 0. The van der Waals surface area contributed by atoms with Gasteiger partial charge in [0.1, 0.15) is 6.10 Å². The predicted octanol–water partition coefficient (Wildman–Crippen LogP) is 4.11. The molecule has 0 fully saturated rings. The van der Waals surface area contributed by atoms with E-state index in [9.17, 15) is 19.0 Å². The monoisotopic (exact) mass is 286 g/mol. The number of benzene rings is 1. The van der Waals surface area contributed by atoms with Gasteiger partial charge < -0.3 is 10.2 Å². The van der Waals surface area contributed by atoms with Gasteiger partial charge in [-0.1, -0.05) is 51.5 Å². The quantitative estimate of drug-likeness (QED) is 0.671. The fourth-order valence-electron chi connectivity index (χ4n) is 2.21. The summed E-state index contributed by atoms with van der Waals surface area (Å²) in [5.41, 5.74) is 0.211. The zero-order valence-electron chi connectivity index (χ0n) is 12.0. The van der Waals surface area contributed by atoms with E-state index in [-0.39, 0.29) is 5.56 Å². The molecule has 0 heterocycles. The lowest BCUT2D eigenvalue weighted by molar-refractivity contribution is 0.0117. The lowest BCUT2D eigenvalue weighted by Crippen LogP contribution is -2.18. The van der Waals surface area contributed by atoms with Crippen LogP contribution >= 0.6 is 0 Å². The van der Waals surface area contributed by atoms with Gasteiger partial charge in [0.2, 0.25) is 0 Å². The molecule has 0 aliphatic heterocycles. The summed E-state index contributed by atoms with van der Waals surface area (Å²) in [6.07, 6.45) is 4.93. The number of unbranched alkanes of at least 4 members (excludes halogenated alkanes) is 5. The Balaban J connectivity index is 2.34. The van der Waals surface area contributed by atoms with Crippen molar-refractivity contribution in [2.45, 2.75) is 64.1 Å². The van der Waals surface area contributed by atoms with Gasteiger partial charge in [0.25, 0.3) is 0 Å². The number of hydrogen-bond donors (Lipinski definition) is 2. The lowest BCUT2D eigenvalue weighted by Gasteiger charge is -2.18. The first kappa shape index (κ1) is 17.1. The van der Waals surface area contributed by atoms with Crippen molar-refractivity contribution in [3.05, 3.63) is 35.4 Å². The van der Waals surface area contributed by atoms with Crippen LogP contribution in [-0.4, -0.2) is 16.3 Å². The molecule has 0 saturated carbocycles. The molecule has 1 aromatic carbocycles. The average Bonchev–Trinajstić information content (AvgIpc) is 2.44. The van der Waals surface area contributed by atoms with Crippen molar-refractivity contribution in [3.63, 3.8) is 0 Å². The van der Waals surface area contributed by atoms with Gasteiger partial charge in [0.15, 0.2) is 11.6 Å². The van der Waals surface area contributed by atoms with Crippen molar-refractivity contribution in [2.24, 2.45) is 0 Å². The summed E-state index contributed by atoms with van der Waals surface area (Å²) in [6, 6.07) is 3.20. The highest BCUT2D eigenvalue weighted by Crippen LogP contribution is 2.22. The smallest absolute Gasteiger partial charge is 0.159 e. The molecule has 0 bridgehead atoms. The van der Waals surface area contributed by atoms with E-state index in [0.29, 0.717) is 6.42 Å². The van der Waals surface area contributed by atoms with Gasteiger partial charge in [-0.05, 0) is 24.1 Å². The molecule has 1 aromatic rings. The van der Waals surface area contributed by atoms with Crippen molar-refractivity contribution in [2.75, 3.05) is 0 Å². The standard InChI is InChI=1S/C16H24F2O2/c1-2-3-4-5-6-7-8-15(19)16(20)12-9-10-13(17)14(18)11-12/h9-11,15-16,19-20H,2-8H2,1H3/t15-,16-/m1/s1. The van der Waals surface area contributed by atoms with Crippen LogP contribution in [0.15, 0.2) is 18.2 Å². The average molecular weight is 286 g/mol. The van der Waals surface area contributed by atoms with Gasteiger partial charge in [0, 0.05) is 0 Å². The fraction of sp³-hybridized carbons (Fsp3) is 0.625.